The molecule has 0 bridgehead atoms. The van der Waals surface area contributed by atoms with Crippen LogP contribution in [-0.4, -0.2) is 21.8 Å². The van der Waals surface area contributed by atoms with Crippen molar-refractivity contribution in [3.05, 3.63) is 70.2 Å². The average molecular weight is 385 g/mol. The van der Waals surface area contributed by atoms with Crippen molar-refractivity contribution >= 4 is 29.0 Å². The van der Waals surface area contributed by atoms with E-state index in [1.807, 2.05) is 20.8 Å². The van der Waals surface area contributed by atoms with E-state index in [1.54, 1.807) is 42.6 Å². The summed E-state index contributed by atoms with van der Waals surface area (Å²) in [5, 5.41) is 11.1. The number of nitrogens with zero attached hydrogens (tertiary/aromatic N) is 2. The fourth-order valence-corrected chi connectivity index (χ4v) is 3.55. The van der Waals surface area contributed by atoms with Crippen molar-refractivity contribution in [3.8, 4) is 0 Å². The zero-order valence-electron chi connectivity index (χ0n) is 15.4. The van der Waals surface area contributed by atoms with Crippen molar-refractivity contribution in [2.75, 3.05) is 4.90 Å². The third kappa shape index (κ3) is 3.60. The molecule has 5 nitrogen and oxygen atoms in total. The molecule has 1 aromatic heterocycles. The van der Waals surface area contributed by atoms with E-state index in [2.05, 4.69) is 4.98 Å². The number of aromatic nitrogens is 1. The molecule has 0 fully saturated rings. The second-order valence-corrected chi connectivity index (χ2v) is 7.48. The van der Waals surface area contributed by atoms with Gasteiger partial charge >= 0.3 is 0 Å². The Morgan fingerprint density at radius 2 is 2.04 bits per heavy atom. The van der Waals surface area contributed by atoms with E-state index < -0.39 is 17.7 Å². The number of ketones is 1. The molecule has 0 saturated heterocycles. The highest BCUT2D eigenvalue weighted by Crippen LogP contribution is 2.42. The van der Waals surface area contributed by atoms with Crippen molar-refractivity contribution < 1.29 is 14.7 Å². The number of carbonyl (C=O) groups is 2. The first-order valence-electron chi connectivity index (χ1n) is 8.78. The van der Waals surface area contributed by atoms with Gasteiger partial charge < -0.3 is 5.11 Å². The molecule has 0 spiro atoms. The highest BCUT2D eigenvalue weighted by molar-refractivity contribution is 6.30. The van der Waals surface area contributed by atoms with Crippen LogP contribution in [-0.2, 0) is 9.59 Å². The Morgan fingerprint density at radius 3 is 2.63 bits per heavy atom. The van der Waals surface area contributed by atoms with Gasteiger partial charge in [-0.25, -0.2) is 0 Å². The molecule has 1 amide bonds. The van der Waals surface area contributed by atoms with E-state index >= 15 is 0 Å². The van der Waals surface area contributed by atoms with Crippen LogP contribution < -0.4 is 4.90 Å². The van der Waals surface area contributed by atoms with Crippen LogP contribution >= 0.6 is 11.6 Å². The molecule has 140 valence electrons. The lowest BCUT2D eigenvalue weighted by Gasteiger charge is -2.27. The summed E-state index contributed by atoms with van der Waals surface area (Å²) in [7, 11) is 0. The Hall–Kier alpha value is -2.66. The Kier molecular flexibility index (Phi) is 5.33. The quantitative estimate of drug-likeness (QED) is 0.820. The van der Waals surface area contributed by atoms with Crippen molar-refractivity contribution in [2.45, 2.75) is 33.2 Å². The molecule has 1 atom stereocenters. The van der Waals surface area contributed by atoms with E-state index in [-0.39, 0.29) is 23.7 Å². The van der Waals surface area contributed by atoms with Gasteiger partial charge in [-0.3, -0.25) is 19.5 Å². The molecule has 27 heavy (non-hydrogen) atoms. The van der Waals surface area contributed by atoms with Crippen molar-refractivity contribution in [3.63, 3.8) is 0 Å². The number of hydrogen-bond acceptors (Lipinski definition) is 4. The first-order valence-corrected chi connectivity index (χ1v) is 9.16. The zero-order valence-corrected chi connectivity index (χ0v) is 16.2. The highest BCUT2D eigenvalue weighted by atomic mass is 35.5. The SMILES string of the molecule is Cc1cc(Cl)ccc1N1C(=O)C(O)=C(C(=O)CC(C)C)C1c1ccccn1. The molecule has 0 radical (unpaired) electrons. The van der Waals surface area contributed by atoms with Gasteiger partial charge in [0.2, 0.25) is 0 Å². The van der Waals surface area contributed by atoms with E-state index in [1.165, 1.54) is 4.90 Å². The summed E-state index contributed by atoms with van der Waals surface area (Å²) < 4.78 is 0. The van der Waals surface area contributed by atoms with Gasteiger partial charge in [0.1, 0.15) is 6.04 Å². The third-order valence-electron chi connectivity index (χ3n) is 4.49. The summed E-state index contributed by atoms with van der Waals surface area (Å²) in [5.74, 6) is -1.27. The average Bonchev–Trinajstić information content (AvgIpc) is 2.87. The number of aliphatic hydroxyl groups excluding tert-OH is 1. The van der Waals surface area contributed by atoms with Crippen LogP contribution in [0.2, 0.25) is 5.02 Å². The second-order valence-electron chi connectivity index (χ2n) is 7.05. The molecule has 1 aliphatic heterocycles. The predicted molar refractivity (Wildman–Crippen MR) is 105 cm³/mol. The molecule has 1 aliphatic rings. The number of pyridine rings is 1. The number of aryl methyl sites for hydroxylation is 1. The number of Topliss-reactive ketones (excluding diaryl/α,β-unsaturated/α-hetero) is 1. The monoisotopic (exact) mass is 384 g/mol. The topological polar surface area (TPSA) is 70.5 Å². The van der Waals surface area contributed by atoms with Gasteiger partial charge in [0.05, 0.1) is 11.3 Å². The van der Waals surface area contributed by atoms with Crippen LogP contribution in [0.3, 0.4) is 0 Å². The van der Waals surface area contributed by atoms with E-state index in [9.17, 15) is 14.7 Å². The zero-order chi connectivity index (χ0) is 19.7. The summed E-state index contributed by atoms with van der Waals surface area (Å²) >= 11 is 6.05. The van der Waals surface area contributed by atoms with Crippen LogP contribution in [0.1, 0.15) is 37.6 Å². The van der Waals surface area contributed by atoms with Crippen LogP contribution in [0.5, 0.6) is 0 Å². The minimum absolute atomic E-state index is 0.0988. The maximum Gasteiger partial charge on any atom is 0.294 e. The van der Waals surface area contributed by atoms with Gasteiger partial charge in [-0.05, 0) is 48.7 Å². The fraction of sp³-hybridized carbons (Fsp3) is 0.286. The third-order valence-corrected chi connectivity index (χ3v) is 4.72. The lowest BCUT2D eigenvalue weighted by molar-refractivity contribution is -0.118. The number of rotatable bonds is 5. The number of aliphatic hydroxyl groups is 1. The molecular weight excluding hydrogens is 364 g/mol. The molecule has 3 rings (SSSR count). The lowest BCUT2D eigenvalue weighted by atomic mass is 9.94. The normalized spacial score (nSPS) is 17.1. The number of carbonyl (C=O) groups excluding carboxylic acids is 2. The van der Waals surface area contributed by atoms with Crippen LogP contribution in [0, 0.1) is 12.8 Å². The largest absolute Gasteiger partial charge is 0.503 e. The van der Waals surface area contributed by atoms with Crippen molar-refractivity contribution in [1.29, 1.82) is 0 Å². The van der Waals surface area contributed by atoms with Gasteiger partial charge in [-0.15, -0.1) is 0 Å². The molecule has 0 saturated carbocycles. The molecule has 2 heterocycles. The number of benzene rings is 1. The second kappa shape index (κ2) is 7.53. The minimum Gasteiger partial charge on any atom is -0.503 e. The smallest absolute Gasteiger partial charge is 0.294 e. The van der Waals surface area contributed by atoms with Crippen molar-refractivity contribution in [2.24, 2.45) is 5.92 Å². The molecular formula is C21H21ClN2O3. The number of hydrogen-bond donors (Lipinski definition) is 1. The van der Waals surface area contributed by atoms with Gasteiger partial charge in [0.25, 0.3) is 5.91 Å². The van der Waals surface area contributed by atoms with Gasteiger partial charge in [-0.2, -0.15) is 0 Å². The summed E-state index contributed by atoms with van der Waals surface area (Å²) in [4.78, 5) is 31.6. The summed E-state index contributed by atoms with van der Waals surface area (Å²) in [6, 6.07) is 9.66. The van der Waals surface area contributed by atoms with Crippen LogP contribution in [0.4, 0.5) is 5.69 Å². The lowest BCUT2D eigenvalue weighted by Crippen LogP contribution is -2.32. The molecule has 2 aromatic rings. The molecule has 6 heteroatoms. The molecule has 1 N–H and O–H groups in total. The Morgan fingerprint density at radius 1 is 1.30 bits per heavy atom. The maximum atomic E-state index is 12.9. The number of anilines is 1. The maximum absolute atomic E-state index is 12.9. The molecule has 1 unspecified atom stereocenters. The Bertz CT molecular complexity index is 922. The standard InChI is InChI=1S/C21H21ClN2O3/c1-12(2)10-17(25)18-19(15-6-4-5-9-23-15)24(21(27)20(18)26)16-8-7-14(22)11-13(16)3/h4-9,11-12,19,26H,10H2,1-3H3. The Balaban J connectivity index is 2.16. The fourth-order valence-electron chi connectivity index (χ4n) is 3.33. The Labute approximate surface area is 163 Å². The molecule has 0 aliphatic carbocycles. The van der Waals surface area contributed by atoms with Crippen LogP contribution in [0.25, 0.3) is 0 Å². The highest BCUT2D eigenvalue weighted by Gasteiger charge is 2.45. The van der Waals surface area contributed by atoms with E-state index in [0.717, 1.165) is 5.56 Å². The van der Waals surface area contributed by atoms with Gasteiger partial charge in [0, 0.05) is 23.3 Å². The number of amides is 1. The van der Waals surface area contributed by atoms with E-state index in [4.69, 9.17) is 11.6 Å². The summed E-state index contributed by atoms with van der Waals surface area (Å²) in [5.41, 5.74) is 1.97. The first kappa shape index (κ1) is 19.1. The number of halogens is 1. The summed E-state index contributed by atoms with van der Waals surface area (Å²) in [6.07, 6.45) is 1.84. The minimum atomic E-state index is -0.773. The van der Waals surface area contributed by atoms with Gasteiger partial charge in [-0.1, -0.05) is 31.5 Å². The van der Waals surface area contributed by atoms with Crippen molar-refractivity contribution in [1.82, 2.24) is 4.98 Å². The van der Waals surface area contributed by atoms with Gasteiger partial charge in [0.15, 0.2) is 11.5 Å². The summed E-state index contributed by atoms with van der Waals surface area (Å²) in [6.45, 7) is 5.67. The predicted octanol–water partition coefficient (Wildman–Crippen LogP) is 4.56. The van der Waals surface area contributed by atoms with E-state index in [0.29, 0.717) is 16.4 Å². The van der Waals surface area contributed by atoms with Crippen LogP contribution in [0.15, 0.2) is 53.9 Å². The molecule has 1 aromatic carbocycles. The first-order chi connectivity index (χ1) is 12.8.